The molecule has 0 radical (unpaired) electrons. The number of carboxylic acid groups (broad SMARTS) is 2. The predicted octanol–water partition coefficient (Wildman–Crippen LogP) is 1.27. The fourth-order valence-electron chi connectivity index (χ4n) is 1.21. The van der Waals surface area contributed by atoms with E-state index < -0.39 is 22.7 Å². The normalized spacial score (nSPS) is 31.0. The highest BCUT2D eigenvalue weighted by molar-refractivity contribution is 6.27. The number of rotatable bonds is 2. The molecule has 0 spiro atoms. The zero-order valence-electron chi connectivity index (χ0n) is 7.40. The summed E-state index contributed by atoms with van der Waals surface area (Å²) in [5, 5.41) is 17.5. The zero-order chi connectivity index (χ0) is 10.9. The van der Waals surface area contributed by atoms with Crippen molar-refractivity contribution in [3.05, 3.63) is 23.8 Å². The maximum Gasteiger partial charge on any atom is 0.335 e. The van der Waals surface area contributed by atoms with Crippen LogP contribution in [0.5, 0.6) is 0 Å². The summed E-state index contributed by atoms with van der Waals surface area (Å²) in [5.41, 5.74) is -0.0458. The molecule has 4 nitrogen and oxygen atoms in total. The van der Waals surface area contributed by atoms with Crippen LogP contribution in [0, 0.1) is 5.92 Å². The van der Waals surface area contributed by atoms with Crippen LogP contribution in [0.2, 0.25) is 0 Å². The van der Waals surface area contributed by atoms with E-state index in [2.05, 4.69) is 0 Å². The summed E-state index contributed by atoms with van der Waals surface area (Å²) in [6.07, 6.45) is 3.85. The predicted molar refractivity (Wildman–Crippen MR) is 50.2 cm³/mol. The van der Waals surface area contributed by atoms with Gasteiger partial charge in [-0.2, -0.15) is 0 Å². The van der Waals surface area contributed by atoms with Crippen LogP contribution < -0.4 is 0 Å². The minimum Gasteiger partial charge on any atom is -0.481 e. The average molecular weight is 217 g/mol. The summed E-state index contributed by atoms with van der Waals surface area (Å²) in [7, 11) is 0. The van der Waals surface area contributed by atoms with Crippen molar-refractivity contribution >= 4 is 23.5 Å². The van der Waals surface area contributed by atoms with Crippen LogP contribution in [0.25, 0.3) is 0 Å². The molecule has 0 bridgehead atoms. The molecule has 2 N–H and O–H groups in total. The third-order valence-corrected chi connectivity index (χ3v) is 2.42. The van der Waals surface area contributed by atoms with Crippen molar-refractivity contribution in [3.8, 4) is 0 Å². The molecular formula is C9H9ClO4. The van der Waals surface area contributed by atoms with Crippen LogP contribution in [0.3, 0.4) is 0 Å². The standard InChI is InChI=1S/C9H9ClO4/c1-9(10)3-2-5(7(11)12)4-6(9)8(13)14/h2-4,6H,1H3,(H,11,12)(H,13,14). The summed E-state index contributed by atoms with van der Waals surface area (Å²) >= 11 is 5.90. The molecule has 5 heteroatoms. The number of alkyl halides is 1. The van der Waals surface area contributed by atoms with Gasteiger partial charge < -0.3 is 10.2 Å². The molecule has 1 aliphatic rings. The molecule has 14 heavy (non-hydrogen) atoms. The SMILES string of the molecule is CC1(Cl)C=CC(C(=O)O)=CC1C(=O)O. The second kappa shape index (κ2) is 3.46. The first-order valence-corrected chi connectivity index (χ1v) is 4.28. The van der Waals surface area contributed by atoms with E-state index in [1.54, 1.807) is 0 Å². The van der Waals surface area contributed by atoms with E-state index >= 15 is 0 Å². The minimum atomic E-state index is -1.15. The molecule has 0 saturated carbocycles. The highest BCUT2D eigenvalue weighted by atomic mass is 35.5. The number of carbonyl (C=O) groups is 2. The lowest BCUT2D eigenvalue weighted by Gasteiger charge is -2.26. The van der Waals surface area contributed by atoms with E-state index in [4.69, 9.17) is 21.8 Å². The zero-order valence-corrected chi connectivity index (χ0v) is 8.15. The molecule has 0 heterocycles. The third kappa shape index (κ3) is 1.96. The van der Waals surface area contributed by atoms with Crippen molar-refractivity contribution < 1.29 is 19.8 Å². The maximum absolute atomic E-state index is 10.8. The van der Waals surface area contributed by atoms with E-state index in [9.17, 15) is 9.59 Å². The fraction of sp³-hybridized carbons (Fsp3) is 0.333. The number of allylic oxidation sites excluding steroid dienone is 1. The Morgan fingerprint density at radius 3 is 2.50 bits per heavy atom. The smallest absolute Gasteiger partial charge is 0.335 e. The van der Waals surface area contributed by atoms with Gasteiger partial charge in [-0.05, 0) is 6.92 Å². The topological polar surface area (TPSA) is 74.6 Å². The Kier molecular flexibility index (Phi) is 2.66. The monoisotopic (exact) mass is 216 g/mol. The van der Waals surface area contributed by atoms with E-state index in [0.717, 1.165) is 6.08 Å². The van der Waals surface area contributed by atoms with Gasteiger partial charge in [0.25, 0.3) is 0 Å². The lowest BCUT2D eigenvalue weighted by Crippen LogP contribution is -2.34. The Labute approximate surface area is 85.5 Å². The van der Waals surface area contributed by atoms with Gasteiger partial charge in [-0.25, -0.2) is 4.79 Å². The molecular weight excluding hydrogens is 208 g/mol. The van der Waals surface area contributed by atoms with Crippen molar-refractivity contribution in [2.45, 2.75) is 11.8 Å². The molecule has 0 amide bonds. The third-order valence-electron chi connectivity index (χ3n) is 2.06. The lowest BCUT2D eigenvalue weighted by atomic mass is 9.86. The van der Waals surface area contributed by atoms with Gasteiger partial charge in [0.2, 0.25) is 0 Å². The van der Waals surface area contributed by atoms with Gasteiger partial charge in [-0.3, -0.25) is 4.79 Å². The van der Waals surface area contributed by atoms with Crippen LogP contribution in [-0.2, 0) is 9.59 Å². The van der Waals surface area contributed by atoms with Crippen molar-refractivity contribution in [2.75, 3.05) is 0 Å². The number of aliphatic carboxylic acids is 2. The number of hydrogen-bond acceptors (Lipinski definition) is 2. The molecule has 0 aromatic rings. The lowest BCUT2D eigenvalue weighted by molar-refractivity contribution is -0.140. The molecule has 0 saturated heterocycles. The van der Waals surface area contributed by atoms with E-state index in [0.29, 0.717) is 0 Å². The fourth-order valence-corrected chi connectivity index (χ4v) is 1.43. The van der Waals surface area contributed by atoms with E-state index in [1.165, 1.54) is 19.1 Å². The molecule has 0 aromatic heterocycles. The summed E-state index contributed by atoms with van der Waals surface area (Å²) in [6, 6.07) is 0. The van der Waals surface area contributed by atoms with Crippen molar-refractivity contribution in [1.82, 2.24) is 0 Å². The molecule has 2 unspecified atom stereocenters. The Morgan fingerprint density at radius 2 is 2.07 bits per heavy atom. The highest BCUT2D eigenvalue weighted by Gasteiger charge is 2.37. The summed E-state index contributed by atoms with van der Waals surface area (Å²) < 4.78 is 0. The first-order chi connectivity index (χ1) is 6.34. The van der Waals surface area contributed by atoms with Gasteiger partial charge in [0, 0.05) is 0 Å². The van der Waals surface area contributed by atoms with E-state index in [1.807, 2.05) is 0 Å². The Bertz CT molecular complexity index is 341. The Hall–Kier alpha value is -1.29. The number of hydrogen-bond donors (Lipinski definition) is 2. The Morgan fingerprint density at radius 1 is 1.50 bits per heavy atom. The van der Waals surface area contributed by atoms with Gasteiger partial charge >= 0.3 is 11.9 Å². The molecule has 0 fully saturated rings. The Balaban J connectivity index is 3.07. The molecule has 0 aromatic carbocycles. The largest absolute Gasteiger partial charge is 0.481 e. The quantitative estimate of drug-likeness (QED) is 0.682. The molecule has 76 valence electrons. The van der Waals surface area contributed by atoms with Gasteiger partial charge in [0.15, 0.2) is 0 Å². The average Bonchev–Trinajstić information content (AvgIpc) is 2.02. The molecule has 0 aliphatic heterocycles. The van der Waals surface area contributed by atoms with E-state index in [-0.39, 0.29) is 5.57 Å². The summed E-state index contributed by atoms with van der Waals surface area (Å²) in [6.45, 7) is 1.53. The maximum atomic E-state index is 10.8. The molecule has 1 rings (SSSR count). The summed E-state index contributed by atoms with van der Waals surface area (Å²) in [5.74, 6) is -3.30. The van der Waals surface area contributed by atoms with Gasteiger partial charge in [0.05, 0.1) is 16.4 Å². The van der Waals surface area contributed by atoms with Gasteiger partial charge in [-0.1, -0.05) is 18.2 Å². The van der Waals surface area contributed by atoms with Gasteiger partial charge in [0.1, 0.15) is 0 Å². The van der Waals surface area contributed by atoms with Crippen molar-refractivity contribution in [2.24, 2.45) is 5.92 Å². The van der Waals surface area contributed by atoms with Crippen LogP contribution in [-0.4, -0.2) is 27.0 Å². The van der Waals surface area contributed by atoms with Gasteiger partial charge in [-0.15, -0.1) is 11.6 Å². The van der Waals surface area contributed by atoms with Crippen LogP contribution >= 0.6 is 11.6 Å². The first kappa shape index (κ1) is 10.8. The number of halogens is 1. The summed E-state index contributed by atoms with van der Waals surface area (Å²) in [4.78, 5) is 20.3. The van der Waals surface area contributed by atoms with Crippen LogP contribution in [0.1, 0.15) is 6.92 Å². The highest BCUT2D eigenvalue weighted by Crippen LogP contribution is 2.33. The second-order valence-electron chi connectivity index (χ2n) is 3.23. The second-order valence-corrected chi connectivity index (χ2v) is 4.04. The number of carboxylic acids is 2. The van der Waals surface area contributed by atoms with Crippen molar-refractivity contribution in [1.29, 1.82) is 0 Å². The first-order valence-electron chi connectivity index (χ1n) is 3.90. The van der Waals surface area contributed by atoms with Crippen LogP contribution in [0.4, 0.5) is 0 Å². The van der Waals surface area contributed by atoms with Crippen molar-refractivity contribution in [3.63, 3.8) is 0 Å². The minimum absolute atomic E-state index is 0.0458. The van der Waals surface area contributed by atoms with Crippen LogP contribution in [0.15, 0.2) is 23.8 Å². The molecule has 2 atom stereocenters. The molecule has 1 aliphatic carbocycles.